The number of hydrogen-bond donors (Lipinski definition) is 1. The molecule has 0 saturated heterocycles. The van der Waals surface area contributed by atoms with E-state index in [1.807, 2.05) is 0 Å². The standard InChI is InChI=1S/C14H28N2/c1-3-11-15-13-9-6-10-14(13)16(2)12-7-4-5-8-12/h12-15H,3-11H2,1-2H3. The molecule has 0 amide bonds. The molecule has 2 rings (SSSR count). The first-order valence-corrected chi connectivity index (χ1v) is 7.28. The number of nitrogens with one attached hydrogen (secondary N) is 1. The van der Waals surface area contributed by atoms with Crippen molar-refractivity contribution in [2.45, 2.75) is 76.4 Å². The molecule has 2 heteroatoms. The lowest BCUT2D eigenvalue weighted by atomic mass is 10.1. The van der Waals surface area contributed by atoms with Gasteiger partial charge in [0.1, 0.15) is 0 Å². The highest BCUT2D eigenvalue weighted by atomic mass is 15.2. The second kappa shape index (κ2) is 6.02. The van der Waals surface area contributed by atoms with Crippen LogP contribution in [0.5, 0.6) is 0 Å². The fraction of sp³-hybridized carbons (Fsp3) is 1.00. The maximum absolute atomic E-state index is 3.74. The van der Waals surface area contributed by atoms with Crippen molar-refractivity contribution in [1.29, 1.82) is 0 Å². The van der Waals surface area contributed by atoms with Gasteiger partial charge in [0.2, 0.25) is 0 Å². The molecule has 2 aliphatic rings. The van der Waals surface area contributed by atoms with E-state index >= 15 is 0 Å². The summed E-state index contributed by atoms with van der Waals surface area (Å²) >= 11 is 0. The van der Waals surface area contributed by atoms with E-state index in [0.29, 0.717) is 0 Å². The van der Waals surface area contributed by atoms with Crippen LogP contribution in [0, 0.1) is 0 Å². The highest BCUT2D eigenvalue weighted by Gasteiger charge is 2.33. The third-order valence-electron chi connectivity index (χ3n) is 4.56. The van der Waals surface area contributed by atoms with Gasteiger partial charge < -0.3 is 5.32 Å². The molecule has 2 saturated carbocycles. The van der Waals surface area contributed by atoms with Crippen molar-refractivity contribution in [3.05, 3.63) is 0 Å². The van der Waals surface area contributed by atoms with Crippen molar-refractivity contribution in [3.63, 3.8) is 0 Å². The van der Waals surface area contributed by atoms with Crippen LogP contribution in [0.25, 0.3) is 0 Å². The van der Waals surface area contributed by atoms with Gasteiger partial charge in [-0.3, -0.25) is 4.90 Å². The van der Waals surface area contributed by atoms with Crippen molar-refractivity contribution < 1.29 is 0 Å². The first-order chi connectivity index (χ1) is 7.83. The third kappa shape index (κ3) is 2.78. The van der Waals surface area contributed by atoms with E-state index in [9.17, 15) is 0 Å². The summed E-state index contributed by atoms with van der Waals surface area (Å²) in [6, 6.07) is 2.47. The summed E-state index contributed by atoms with van der Waals surface area (Å²) in [4.78, 5) is 2.70. The molecule has 16 heavy (non-hydrogen) atoms. The average Bonchev–Trinajstić information content (AvgIpc) is 2.96. The van der Waals surface area contributed by atoms with Crippen LogP contribution < -0.4 is 5.32 Å². The van der Waals surface area contributed by atoms with Crippen LogP contribution in [-0.2, 0) is 0 Å². The maximum atomic E-state index is 3.74. The predicted octanol–water partition coefficient (Wildman–Crippen LogP) is 2.78. The van der Waals surface area contributed by atoms with Gasteiger partial charge in [0, 0.05) is 18.1 Å². The number of hydrogen-bond acceptors (Lipinski definition) is 2. The summed E-state index contributed by atoms with van der Waals surface area (Å²) in [5.74, 6) is 0. The van der Waals surface area contributed by atoms with E-state index in [1.165, 1.54) is 57.9 Å². The molecule has 0 bridgehead atoms. The molecule has 2 aliphatic carbocycles. The van der Waals surface area contributed by atoms with Gasteiger partial charge in [0.15, 0.2) is 0 Å². The monoisotopic (exact) mass is 224 g/mol. The zero-order chi connectivity index (χ0) is 11.4. The van der Waals surface area contributed by atoms with E-state index in [2.05, 4.69) is 24.2 Å². The Morgan fingerprint density at radius 2 is 1.81 bits per heavy atom. The molecule has 2 nitrogen and oxygen atoms in total. The SMILES string of the molecule is CCCNC1CCCC1N(C)C1CCCC1. The predicted molar refractivity (Wildman–Crippen MR) is 69.7 cm³/mol. The highest BCUT2D eigenvalue weighted by Crippen LogP contribution is 2.30. The summed E-state index contributed by atoms with van der Waals surface area (Å²) in [6.45, 7) is 3.46. The van der Waals surface area contributed by atoms with Gasteiger partial charge >= 0.3 is 0 Å². The van der Waals surface area contributed by atoms with E-state index in [-0.39, 0.29) is 0 Å². The molecule has 0 aliphatic heterocycles. The molecule has 0 heterocycles. The van der Waals surface area contributed by atoms with Gasteiger partial charge in [-0.15, -0.1) is 0 Å². The maximum Gasteiger partial charge on any atom is 0.0249 e. The minimum atomic E-state index is 0.769. The van der Waals surface area contributed by atoms with Gasteiger partial charge in [-0.1, -0.05) is 26.2 Å². The zero-order valence-corrected chi connectivity index (χ0v) is 11.0. The molecule has 1 N–H and O–H groups in total. The summed E-state index contributed by atoms with van der Waals surface area (Å²) in [6.07, 6.45) is 11.3. The summed E-state index contributed by atoms with van der Waals surface area (Å²) < 4.78 is 0. The molecule has 0 aromatic heterocycles. The van der Waals surface area contributed by atoms with E-state index in [4.69, 9.17) is 0 Å². The first kappa shape index (κ1) is 12.4. The van der Waals surface area contributed by atoms with Gasteiger partial charge in [-0.05, 0) is 45.7 Å². The Bertz CT molecular complexity index is 199. The molecule has 94 valence electrons. The van der Waals surface area contributed by atoms with Gasteiger partial charge in [-0.25, -0.2) is 0 Å². The van der Waals surface area contributed by atoms with Crippen LogP contribution in [0.1, 0.15) is 58.3 Å². The fourth-order valence-electron chi connectivity index (χ4n) is 3.58. The first-order valence-electron chi connectivity index (χ1n) is 7.28. The molecular weight excluding hydrogens is 196 g/mol. The lowest BCUT2D eigenvalue weighted by Gasteiger charge is -2.34. The Balaban J connectivity index is 1.85. The smallest absolute Gasteiger partial charge is 0.0249 e. The number of likely N-dealkylation sites (N-methyl/N-ethyl adjacent to an activating group) is 1. The topological polar surface area (TPSA) is 15.3 Å². The quantitative estimate of drug-likeness (QED) is 0.772. The highest BCUT2D eigenvalue weighted by molar-refractivity contribution is 4.92. The summed E-state index contributed by atoms with van der Waals surface area (Å²) in [7, 11) is 2.37. The van der Waals surface area contributed by atoms with Crippen LogP contribution in [-0.4, -0.2) is 36.6 Å². The minimum Gasteiger partial charge on any atom is -0.312 e. The number of nitrogens with zero attached hydrogens (tertiary/aromatic N) is 1. The van der Waals surface area contributed by atoms with Crippen molar-refractivity contribution in [1.82, 2.24) is 10.2 Å². The Hall–Kier alpha value is -0.0800. The molecule has 0 aromatic rings. The molecule has 2 atom stereocenters. The molecule has 0 radical (unpaired) electrons. The van der Waals surface area contributed by atoms with E-state index in [1.54, 1.807) is 0 Å². The normalized spacial score (nSPS) is 31.7. The Morgan fingerprint density at radius 3 is 2.50 bits per heavy atom. The lowest BCUT2D eigenvalue weighted by Crippen LogP contribution is -2.48. The molecular formula is C14H28N2. The van der Waals surface area contributed by atoms with Crippen molar-refractivity contribution in [3.8, 4) is 0 Å². The van der Waals surface area contributed by atoms with E-state index < -0.39 is 0 Å². The minimum absolute atomic E-state index is 0.769. The largest absolute Gasteiger partial charge is 0.312 e. The fourth-order valence-corrected chi connectivity index (χ4v) is 3.58. The molecule has 0 spiro atoms. The van der Waals surface area contributed by atoms with Crippen molar-refractivity contribution in [2.75, 3.05) is 13.6 Å². The van der Waals surface area contributed by atoms with E-state index in [0.717, 1.165) is 18.1 Å². The van der Waals surface area contributed by atoms with Crippen LogP contribution >= 0.6 is 0 Å². The molecule has 0 aromatic carbocycles. The van der Waals surface area contributed by atoms with Gasteiger partial charge in [0.25, 0.3) is 0 Å². The zero-order valence-electron chi connectivity index (χ0n) is 11.0. The summed E-state index contributed by atoms with van der Waals surface area (Å²) in [5.41, 5.74) is 0. The van der Waals surface area contributed by atoms with Crippen LogP contribution in [0.2, 0.25) is 0 Å². The van der Waals surface area contributed by atoms with Gasteiger partial charge in [-0.2, -0.15) is 0 Å². The van der Waals surface area contributed by atoms with Crippen LogP contribution in [0.15, 0.2) is 0 Å². The van der Waals surface area contributed by atoms with Gasteiger partial charge in [0.05, 0.1) is 0 Å². The summed E-state index contributed by atoms with van der Waals surface area (Å²) in [5, 5.41) is 3.74. The van der Waals surface area contributed by atoms with Crippen molar-refractivity contribution in [2.24, 2.45) is 0 Å². The Kier molecular flexibility index (Phi) is 4.66. The lowest BCUT2D eigenvalue weighted by molar-refractivity contribution is 0.154. The average molecular weight is 224 g/mol. The Morgan fingerprint density at radius 1 is 1.06 bits per heavy atom. The van der Waals surface area contributed by atoms with Crippen molar-refractivity contribution >= 4 is 0 Å². The third-order valence-corrected chi connectivity index (χ3v) is 4.56. The molecule has 2 unspecified atom stereocenters. The number of rotatable bonds is 5. The second-order valence-corrected chi connectivity index (χ2v) is 5.66. The Labute approximate surface area is 101 Å². The molecule has 2 fully saturated rings. The van der Waals surface area contributed by atoms with Crippen LogP contribution in [0.4, 0.5) is 0 Å². The second-order valence-electron chi connectivity index (χ2n) is 5.66. The van der Waals surface area contributed by atoms with Crippen LogP contribution in [0.3, 0.4) is 0 Å².